The highest BCUT2D eigenvalue weighted by atomic mass is 19.3. The average molecular weight is 242 g/mol. The minimum Gasteiger partial charge on any atom is -0.481 e. The van der Waals surface area contributed by atoms with E-state index in [1.54, 1.807) is 6.07 Å². The molecule has 0 saturated carbocycles. The van der Waals surface area contributed by atoms with Gasteiger partial charge in [0.2, 0.25) is 5.88 Å². The number of hydrogen-bond acceptors (Lipinski definition) is 4. The third-order valence-electron chi connectivity index (χ3n) is 1.98. The average Bonchev–Trinajstić information content (AvgIpc) is 2.26. The van der Waals surface area contributed by atoms with Gasteiger partial charge in [0.1, 0.15) is 11.8 Å². The number of ether oxygens (including phenoxy) is 1. The van der Waals surface area contributed by atoms with E-state index in [-0.39, 0.29) is 11.3 Å². The maximum Gasteiger partial charge on any atom is 0.307 e. The van der Waals surface area contributed by atoms with Gasteiger partial charge in [-0.1, -0.05) is 0 Å². The molecule has 1 heterocycles. The first-order chi connectivity index (χ1) is 7.99. The Kier molecular flexibility index (Phi) is 3.93. The molecule has 0 spiro atoms. The van der Waals surface area contributed by atoms with Gasteiger partial charge in [0.05, 0.1) is 19.1 Å². The van der Waals surface area contributed by atoms with Gasteiger partial charge < -0.3 is 9.84 Å². The largest absolute Gasteiger partial charge is 0.481 e. The second-order valence-corrected chi connectivity index (χ2v) is 3.07. The van der Waals surface area contributed by atoms with Gasteiger partial charge in [-0.2, -0.15) is 5.26 Å². The van der Waals surface area contributed by atoms with Gasteiger partial charge in [-0.25, -0.2) is 13.8 Å². The van der Waals surface area contributed by atoms with Crippen molar-refractivity contribution < 1.29 is 23.4 Å². The first-order valence-corrected chi connectivity index (χ1v) is 4.47. The van der Waals surface area contributed by atoms with E-state index in [1.165, 1.54) is 0 Å². The standard InChI is InChI=1S/C10H8F2N2O3/c1-17-10-8(9(11)12)5(3-7(15)16)2-6(4-13)14-10/h2,9H,3H2,1H3,(H,15,16). The van der Waals surface area contributed by atoms with Gasteiger partial charge in [-0.15, -0.1) is 0 Å². The summed E-state index contributed by atoms with van der Waals surface area (Å²) >= 11 is 0. The lowest BCUT2D eigenvalue weighted by molar-refractivity contribution is -0.136. The SMILES string of the molecule is COc1nc(C#N)cc(CC(=O)O)c1C(F)F. The van der Waals surface area contributed by atoms with Gasteiger partial charge >= 0.3 is 5.97 Å². The highest BCUT2D eigenvalue weighted by molar-refractivity contribution is 5.71. The Labute approximate surface area is 95.3 Å². The molecule has 1 rings (SSSR count). The molecule has 0 aliphatic rings. The summed E-state index contributed by atoms with van der Waals surface area (Å²) in [5, 5.41) is 17.3. The van der Waals surface area contributed by atoms with Crippen molar-refractivity contribution in [2.75, 3.05) is 7.11 Å². The number of nitriles is 1. The van der Waals surface area contributed by atoms with Crippen LogP contribution in [0.5, 0.6) is 5.88 Å². The Bertz CT molecular complexity index is 483. The van der Waals surface area contributed by atoms with E-state index in [1.807, 2.05) is 0 Å². The van der Waals surface area contributed by atoms with E-state index < -0.39 is 30.3 Å². The van der Waals surface area contributed by atoms with Gasteiger partial charge in [0.15, 0.2) is 0 Å². The summed E-state index contributed by atoms with van der Waals surface area (Å²) in [6, 6.07) is 2.68. The molecule has 1 aromatic heterocycles. The molecule has 7 heteroatoms. The van der Waals surface area contributed by atoms with Crippen molar-refractivity contribution in [1.29, 1.82) is 5.26 Å². The fourth-order valence-corrected chi connectivity index (χ4v) is 1.34. The molecule has 0 unspecified atom stereocenters. The Balaban J connectivity index is 3.41. The second kappa shape index (κ2) is 5.21. The van der Waals surface area contributed by atoms with Crippen molar-refractivity contribution in [1.82, 2.24) is 4.98 Å². The Hall–Kier alpha value is -2.23. The van der Waals surface area contributed by atoms with Crippen molar-refractivity contribution in [3.05, 3.63) is 22.9 Å². The lowest BCUT2D eigenvalue weighted by atomic mass is 10.1. The molecule has 0 amide bonds. The first-order valence-electron chi connectivity index (χ1n) is 4.47. The van der Waals surface area contributed by atoms with Crippen molar-refractivity contribution in [2.24, 2.45) is 0 Å². The number of halogens is 2. The molecular weight excluding hydrogens is 234 g/mol. The quantitative estimate of drug-likeness (QED) is 0.865. The zero-order valence-corrected chi connectivity index (χ0v) is 8.78. The summed E-state index contributed by atoms with van der Waals surface area (Å²) in [5.74, 6) is -1.70. The van der Waals surface area contributed by atoms with Crippen LogP contribution in [0.3, 0.4) is 0 Å². The molecule has 90 valence electrons. The van der Waals surface area contributed by atoms with E-state index in [4.69, 9.17) is 10.4 Å². The molecule has 0 radical (unpaired) electrons. The van der Waals surface area contributed by atoms with E-state index in [9.17, 15) is 13.6 Å². The van der Waals surface area contributed by atoms with Crippen LogP contribution < -0.4 is 4.74 Å². The number of hydrogen-bond donors (Lipinski definition) is 1. The number of rotatable bonds is 4. The van der Waals surface area contributed by atoms with Gasteiger partial charge in [-0.05, 0) is 11.6 Å². The molecule has 0 aliphatic heterocycles. The Morgan fingerprint density at radius 1 is 1.71 bits per heavy atom. The van der Waals surface area contributed by atoms with Crippen LogP contribution in [0.4, 0.5) is 8.78 Å². The summed E-state index contributed by atoms with van der Waals surface area (Å²) in [7, 11) is 1.12. The molecule has 0 atom stereocenters. The van der Waals surface area contributed by atoms with Crippen LogP contribution in [0, 0.1) is 11.3 Å². The Morgan fingerprint density at radius 2 is 2.35 bits per heavy atom. The van der Waals surface area contributed by atoms with Crippen LogP contribution in [0.2, 0.25) is 0 Å². The molecule has 0 bridgehead atoms. The highest BCUT2D eigenvalue weighted by Crippen LogP contribution is 2.31. The predicted octanol–water partition coefficient (Wildman–Crippen LogP) is 1.53. The van der Waals surface area contributed by atoms with Crippen molar-refractivity contribution in [3.8, 4) is 11.9 Å². The van der Waals surface area contributed by atoms with Crippen LogP contribution in [0.15, 0.2) is 6.07 Å². The molecule has 1 aromatic rings. The third-order valence-corrected chi connectivity index (χ3v) is 1.98. The Morgan fingerprint density at radius 3 is 2.76 bits per heavy atom. The van der Waals surface area contributed by atoms with Crippen molar-refractivity contribution >= 4 is 5.97 Å². The predicted molar refractivity (Wildman–Crippen MR) is 51.8 cm³/mol. The number of carboxylic acids is 1. The lowest BCUT2D eigenvalue weighted by Crippen LogP contribution is -2.08. The number of methoxy groups -OCH3 is 1. The molecule has 0 aliphatic carbocycles. The molecule has 0 aromatic carbocycles. The number of carboxylic acid groups (broad SMARTS) is 1. The summed E-state index contributed by atoms with van der Waals surface area (Å²) in [6.45, 7) is 0. The summed E-state index contributed by atoms with van der Waals surface area (Å²) in [6.07, 6.45) is -3.53. The number of alkyl halides is 2. The summed E-state index contributed by atoms with van der Waals surface area (Å²) in [4.78, 5) is 14.1. The molecule has 5 nitrogen and oxygen atoms in total. The number of aromatic nitrogens is 1. The highest BCUT2D eigenvalue weighted by Gasteiger charge is 2.22. The maximum atomic E-state index is 12.8. The third kappa shape index (κ3) is 2.87. The molecule has 0 fully saturated rings. The van der Waals surface area contributed by atoms with Gasteiger partial charge in [-0.3, -0.25) is 4.79 Å². The first kappa shape index (κ1) is 12.8. The zero-order valence-electron chi connectivity index (χ0n) is 8.78. The second-order valence-electron chi connectivity index (χ2n) is 3.07. The number of aliphatic carboxylic acids is 1. The van der Waals surface area contributed by atoms with E-state index in [0.29, 0.717) is 0 Å². The minimum atomic E-state index is -2.92. The van der Waals surface area contributed by atoms with Crippen LogP contribution in [0.1, 0.15) is 23.2 Å². The van der Waals surface area contributed by atoms with Crippen LogP contribution in [0.25, 0.3) is 0 Å². The fourth-order valence-electron chi connectivity index (χ4n) is 1.34. The molecule has 1 N–H and O–H groups in total. The minimum absolute atomic E-state index is 0.164. The number of pyridine rings is 1. The van der Waals surface area contributed by atoms with E-state index in [2.05, 4.69) is 9.72 Å². The monoisotopic (exact) mass is 242 g/mol. The van der Waals surface area contributed by atoms with Crippen LogP contribution >= 0.6 is 0 Å². The summed E-state index contributed by atoms with van der Waals surface area (Å²) in [5.41, 5.74) is -0.924. The normalized spacial score (nSPS) is 10.1. The summed E-state index contributed by atoms with van der Waals surface area (Å²) < 4.78 is 30.2. The fraction of sp³-hybridized carbons (Fsp3) is 0.300. The smallest absolute Gasteiger partial charge is 0.307 e. The van der Waals surface area contributed by atoms with Gasteiger partial charge in [0, 0.05) is 0 Å². The van der Waals surface area contributed by atoms with E-state index >= 15 is 0 Å². The molecular formula is C10H8F2N2O3. The van der Waals surface area contributed by atoms with Crippen molar-refractivity contribution in [3.63, 3.8) is 0 Å². The van der Waals surface area contributed by atoms with Crippen LogP contribution in [-0.2, 0) is 11.2 Å². The lowest BCUT2D eigenvalue weighted by Gasteiger charge is -2.11. The molecule has 0 saturated heterocycles. The zero-order chi connectivity index (χ0) is 13.0. The number of carbonyl (C=O) groups is 1. The number of nitrogens with zero attached hydrogens (tertiary/aromatic N) is 2. The van der Waals surface area contributed by atoms with E-state index in [0.717, 1.165) is 13.2 Å². The molecule has 17 heavy (non-hydrogen) atoms. The van der Waals surface area contributed by atoms with Crippen LogP contribution in [-0.4, -0.2) is 23.2 Å². The topological polar surface area (TPSA) is 83.2 Å². The van der Waals surface area contributed by atoms with Crippen molar-refractivity contribution in [2.45, 2.75) is 12.8 Å². The van der Waals surface area contributed by atoms with Gasteiger partial charge in [0.25, 0.3) is 6.43 Å². The maximum absolute atomic E-state index is 12.8.